The number of hydrogen-bond donors (Lipinski definition) is 0. The lowest BCUT2D eigenvalue weighted by molar-refractivity contribution is -0.142. The van der Waals surface area contributed by atoms with Crippen LogP contribution >= 0.6 is 0 Å². The highest BCUT2D eigenvalue weighted by molar-refractivity contribution is 6.13. The molecule has 0 radical (unpaired) electrons. The first-order valence-corrected chi connectivity index (χ1v) is 10.4. The highest BCUT2D eigenvalue weighted by atomic mass is 19.4. The number of alkyl halides is 3. The van der Waals surface area contributed by atoms with Crippen LogP contribution in [0.15, 0.2) is 89.9 Å². The summed E-state index contributed by atoms with van der Waals surface area (Å²) in [5.74, 6) is -0.210. The minimum Gasteiger partial charge on any atom is -0.493 e. The second-order valence-corrected chi connectivity index (χ2v) is 7.31. The van der Waals surface area contributed by atoms with Crippen LogP contribution < -0.4 is 4.74 Å². The van der Waals surface area contributed by atoms with Crippen molar-refractivity contribution in [2.75, 3.05) is 13.7 Å². The van der Waals surface area contributed by atoms with Crippen molar-refractivity contribution in [2.45, 2.75) is 25.1 Å². The molecule has 3 rings (SSSR count). The van der Waals surface area contributed by atoms with Gasteiger partial charge in [-0.3, -0.25) is 4.99 Å². The zero-order valence-corrected chi connectivity index (χ0v) is 18.1. The Morgan fingerprint density at radius 2 is 1.52 bits per heavy atom. The molecule has 7 heteroatoms. The molecule has 0 fully saturated rings. The number of benzene rings is 3. The number of aliphatic imine (C=N–C) groups is 1. The van der Waals surface area contributed by atoms with E-state index < -0.39 is 31.2 Å². The molecule has 0 bridgehead atoms. The highest BCUT2D eigenvalue weighted by Gasteiger charge is 2.27. The zero-order valence-electron chi connectivity index (χ0n) is 18.1. The Bertz CT molecular complexity index is 1030. The number of nitrogens with zero attached hydrogens (tertiary/aromatic N) is 1. The molecule has 0 saturated heterocycles. The fraction of sp³-hybridized carbons (Fsp3) is 0.231. The molecule has 0 unspecified atom stereocenters. The van der Waals surface area contributed by atoms with Crippen molar-refractivity contribution in [1.29, 1.82) is 0 Å². The second-order valence-electron chi connectivity index (χ2n) is 7.31. The van der Waals surface area contributed by atoms with Crippen LogP contribution in [-0.2, 0) is 16.0 Å². The van der Waals surface area contributed by atoms with Crippen LogP contribution in [0.2, 0.25) is 0 Å². The van der Waals surface area contributed by atoms with Gasteiger partial charge in [-0.15, -0.1) is 0 Å². The third kappa shape index (κ3) is 7.49. The van der Waals surface area contributed by atoms with E-state index in [2.05, 4.69) is 0 Å². The predicted molar refractivity (Wildman–Crippen MR) is 121 cm³/mol. The average Bonchev–Trinajstić information content (AvgIpc) is 2.82. The fourth-order valence-corrected chi connectivity index (χ4v) is 3.25. The summed E-state index contributed by atoms with van der Waals surface area (Å²) in [4.78, 5) is 17.4. The smallest absolute Gasteiger partial charge is 0.392 e. The second kappa shape index (κ2) is 11.3. The molecule has 4 nitrogen and oxygen atoms in total. The molecule has 0 N–H and O–H groups in total. The van der Waals surface area contributed by atoms with E-state index in [4.69, 9.17) is 14.5 Å². The van der Waals surface area contributed by atoms with E-state index in [-0.39, 0.29) is 6.42 Å². The van der Waals surface area contributed by atoms with E-state index in [1.807, 2.05) is 60.7 Å². The van der Waals surface area contributed by atoms with Gasteiger partial charge in [0.2, 0.25) is 0 Å². The maximum absolute atomic E-state index is 12.6. The van der Waals surface area contributed by atoms with Gasteiger partial charge in [0.15, 0.2) is 6.04 Å². The molecule has 172 valence electrons. The Morgan fingerprint density at radius 3 is 2.06 bits per heavy atom. The molecule has 1 atom stereocenters. The summed E-state index contributed by atoms with van der Waals surface area (Å²) in [6, 6.07) is 24.8. The first-order valence-electron chi connectivity index (χ1n) is 10.4. The van der Waals surface area contributed by atoms with E-state index in [1.54, 1.807) is 24.3 Å². The molecule has 0 saturated carbocycles. The number of esters is 1. The number of carbonyl (C=O) groups excluding carboxylic acids is 1. The van der Waals surface area contributed by atoms with Gasteiger partial charge in [-0.1, -0.05) is 72.8 Å². The van der Waals surface area contributed by atoms with Crippen molar-refractivity contribution in [1.82, 2.24) is 0 Å². The minimum absolute atomic E-state index is 0.201. The summed E-state index contributed by atoms with van der Waals surface area (Å²) in [6.07, 6.45) is -5.12. The van der Waals surface area contributed by atoms with Crippen LogP contribution in [0.4, 0.5) is 13.2 Å². The normalized spacial score (nSPS) is 12.0. The van der Waals surface area contributed by atoms with Gasteiger partial charge in [-0.05, 0) is 17.7 Å². The lowest BCUT2D eigenvalue weighted by Gasteiger charge is -2.15. The zero-order chi connectivity index (χ0) is 23.7. The number of halogens is 3. The minimum atomic E-state index is -4.28. The quantitative estimate of drug-likeness (QED) is 0.310. The molecule has 0 aliphatic carbocycles. The number of methoxy groups -OCH3 is 1. The third-order valence-corrected chi connectivity index (χ3v) is 4.83. The van der Waals surface area contributed by atoms with Gasteiger partial charge < -0.3 is 9.47 Å². The summed E-state index contributed by atoms with van der Waals surface area (Å²) in [5.41, 5.74) is 3.03. The van der Waals surface area contributed by atoms with Crippen molar-refractivity contribution in [3.05, 3.63) is 102 Å². The number of rotatable bonds is 9. The van der Waals surface area contributed by atoms with Crippen molar-refractivity contribution >= 4 is 11.7 Å². The van der Waals surface area contributed by atoms with E-state index in [1.165, 1.54) is 7.11 Å². The van der Waals surface area contributed by atoms with Crippen LogP contribution in [0.1, 0.15) is 23.1 Å². The summed E-state index contributed by atoms with van der Waals surface area (Å²) in [5, 5.41) is 0. The first kappa shape index (κ1) is 24.0. The molecule has 0 aliphatic rings. The van der Waals surface area contributed by atoms with Crippen LogP contribution in [0.5, 0.6) is 5.75 Å². The summed E-state index contributed by atoms with van der Waals surface area (Å²) in [7, 11) is 1.30. The molecule has 0 spiro atoms. The van der Waals surface area contributed by atoms with Gasteiger partial charge in [-0.2, -0.15) is 13.2 Å². The van der Waals surface area contributed by atoms with Gasteiger partial charge in [0.1, 0.15) is 5.75 Å². The van der Waals surface area contributed by atoms with Gasteiger partial charge in [0, 0.05) is 17.5 Å². The Labute approximate surface area is 190 Å². The molecule has 0 amide bonds. The lowest BCUT2D eigenvalue weighted by Crippen LogP contribution is -2.25. The van der Waals surface area contributed by atoms with Gasteiger partial charge in [0.25, 0.3) is 0 Å². The van der Waals surface area contributed by atoms with Gasteiger partial charge in [-0.25, -0.2) is 4.79 Å². The maximum Gasteiger partial charge on any atom is 0.392 e. The maximum atomic E-state index is 12.6. The van der Waals surface area contributed by atoms with Gasteiger partial charge >= 0.3 is 12.1 Å². The lowest BCUT2D eigenvalue weighted by atomic mass is 10.0. The van der Waals surface area contributed by atoms with E-state index >= 15 is 0 Å². The summed E-state index contributed by atoms with van der Waals surface area (Å²) >= 11 is 0. The van der Waals surface area contributed by atoms with Crippen LogP contribution in [0, 0.1) is 0 Å². The molecule has 3 aromatic rings. The molecule has 0 heterocycles. The Morgan fingerprint density at radius 1 is 0.909 bits per heavy atom. The third-order valence-electron chi connectivity index (χ3n) is 4.83. The first-order chi connectivity index (χ1) is 15.9. The van der Waals surface area contributed by atoms with E-state index in [0.717, 1.165) is 11.1 Å². The van der Waals surface area contributed by atoms with Crippen molar-refractivity contribution in [2.24, 2.45) is 4.99 Å². The fourth-order valence-electron chi connectivity index (χ4n) is 3.25. The average molecular weight is 455 g/mol. The largest absolute Gasteiger partial charge is 0.493 e. The van der Waals surface area contributed by atoms with Crippen LogP contribution in [0.25, 0.3) is 0 Å². The van der Waals surface area contributed by atoms with Gasteiger partial charge in [0.05, 0.1) is 25.8 Å². The summed E-state index contributed by atoms with van der Waals surface area (Å²) in [6.45, 7) is -0.475. The van der Waals surface area contributed by atoms with Crippen molar-refractivity contribution in [3.8, 4) is 5.75 Å². The van der Waals surface area contributed by atoms with E-state index in [9.17, 15) is 18.0 Å². The van der Waals surface area contributed by atoms with Crippen molar-refractivity contribution in [3.63, 3.8) is 0 Å². The molecule has 3 aromatic carbocycles. The standard InChI is InChI=1S/C26H24F3NO3/c1-32-25(31)23(18-19-9-8-14-22(17-19)33-16-15-26(27,28)29)30-24(20-10-4-2-5-11-20)21-12-6-3-7-13-21/h2-14,17,23H,15-16,18H2,1H3/t23-/m0/s1. The van der Waals surface area contributed by atoms with Crippen LogP contribution in [-0.4, -0.2) is 37.6 Å². The summed E-state index contributed by atoms with van der Waals surface area (Å²) < 4.78 is 47.4. The molecular weight excluding hydrogens is 431 g/mol. The topological polar surface area (TPSA) is 47.9 Å². The molecule has 33 heavy (non-hydrogen) atoms. The monoisotopic (exact) mass is 455 g/mol. The van der Waals surface area contributed by atoms with Crippen molar-refractivity contribution < 1.29 is 27.4 Å². The Hall–Kier alpha value is -3.61. The van der Waals surface area contributed by atoms with E-state index in [0.29, 0.717) is 17.0 Å². The number of hydrogen-bond acceptors (Lipinski definition) is 4. The number of ether oxygens (including phenoxy) is 2. The number of carbonyl (C=O) groups is 1. The van der Waals surface area contributed by atoms with Crippen LogP contribution in [0.3, 0.4) is 0 Å². The molecule has 0 aliphatic heterocycles. The Balaban J connectivity index is 1.88. The highest BCUT2D eigenvalue weighted by Crippen LogP contribution is 2.22. The predicted octanol–water partition coefficient (Wildman–Crippen LogP) is 5.64. The Kier molecular flexibility index (Phi) is 8.24. The molecular formula is C26H24F3NO3. The molecule has 0 aromatic heterocycles. The SMILES string of the molecule is COC(=O)[C@H](Cc1cccc(OCCC(F)(F)F)c1)N=C(c1ccccc1)c1ccccc1.